The fourth-order valence-corrected chi connectivity index (χ4v) is 2.66. The van der Waals surface area contributed by atoms with Crippen molar-refractivity contribution in [2.45, 2.75) is 26.1 Å². The molecule has 0 bridgehead atoms. The second kappa shape index (κ2) is 7.15. The van der Waals surface area contributed by atoms with Crippen molar-refractivity contribution in [1.29, 1.82) is 0 Å². The van der Waals surface area contributed by atoms with Crippen molar-refractivity contribution in [3.63, 3.8) is 0 Å². The summed E-state index contributed by atoms with van der Waals surface area (Å²) in [5.74, 6) is 0. The molecule has 1 heterocycles. The quantitative estimate of drug-likeness (QED) is 0.498. The van der Waals surface area contributed by atoms with Crippen molar-refractivity contribution >= 4 is 28.6 Å². The van der Waals surface area contributed by atoms with Gasteiger partial charge in [-0.2, -0.15) is 13.2 Å². The standard InChI is InChI=1S/C15H13ClF3NOS/c1-2-14(20-21-9-11-4-3-7-22-11)12-8-10(16)5-6-13(12)15(17,18)19/h3-8H,2,9H2,1H3/b20-14+. The van der Waals surface area contributed by atoms with Crippen molar-refractivity contribution < 1.29 is 18.0 Å². The minimum atomic E-state index is -4.47. The molecule has 0 fully saturated rings. The van der Waals surface area contributed by atoms with Gasteiger partial charge in [-0.25, -0.2) is 0 Å². The number of alkyl halides is 3. The Morgan fingerprint density at radius 3 is 2.68 bits per heavy atom. The van der Waals surface area contributed by atoms with Gasteiger partial charge in [0, 0.05) is 15.5 Å². The number of rotatable bonds is 5. The van der Waals surface area contributed by atoms with Crippen LogP contribution in [0.1, 0.15) is 29.3 Å². The second-order valence-electron chi connectivity index (χ2n) is 4.43. The third-order valence-corrected chi connectivity index (χ3v) is 3.98. The van der Waals surface area contributed by atoms with Crippen LogP contribution in [0.3, 0.4) is 0 Å². The molecule has 0 amide bonds. The monoisotopic (exact) mass is 347 g/mol. The number of thiophene rings is 1. The maximum atomic E-state index is 13.1. The van der Waals surface area contributed by atoms with Crippen LogP contribution in [0.2, 0.25) is 5.02 Å². The molecular formula is C15H13ClF3NOS. The van der Waals surface area contributed by atoms with E-state index in [0.717, 1.165) is 10.9 Å². The first kappa shape index (κ1) is 16.8. The van der Waals surface area contributed by atoms with Crippen molar-refractivity contribution in [3.05, 3.63) is 56.7 Å². The van der Waals surface area contributed by atoms with Crippen molar-refractivity contribution in [2.75, 3.05) is 0 Å². The molecule has 0 aliphatic rings. The summed E-state index contributed by atoms with van der Waals surface area (Å²) in [6, 6.07) is 7.18. The van der Waals surface area contributed by atoms with E-state index in [1.54, 1.807) is 6.92 Å². The zero-order chi connectivity index (χ0) is 16.2. The third-order valence-electron chi connectivity index (χ3n) is 2.89. The highest BCUT2D eigenvalue weighted by Gasteiger charge is 2.34. The molecule has 0 saturated carbocycles. The van der Waals surface area contributed by atoms with Crippen LogP contribution in [0.5, 0.6) is 0 Å². The number of hydrogen-bond donors (Lipinski definition) is 0. The van der Waals surface area contributed by atoms with Crippen molar-refractivity contribution in [2.24, 2.45) is 5.16 Å². The lowest BCUT2D eigenvalue weighted by atomic mass is 10.0. The molecule has 0 atom stereocenters. The molecule has 22 heavy (non-hydrogen) atoms. The molecule has 2 nitrogen and oxygen atoms in total. The molecule has 0 N–H and O–H groups in total. The maximum Gasteiger partial charge on any atom is 0.417 e. The highest BCUT2D eigenvalue weighted by atomic mass is 35.5. The van der Waals surface area contributed by atoms with E-state index >= 15 is 0 Å². The van der Waals surface area contributed by atoms with Gasteiger partial charge in [-0.05, 0) is 36.1 Å². The minimum absolute atomic E-state index is 0.0475. The summed E-state index contributed by atoms with van der Waals surface area (Å²) in [6.07, 6.45) is -4.17. The van der Waals surface area contributed by atoms with E-state index in [1.807, 2.05) is 17.5 Å². The van der Waals surface area contributed by atoms with E-state index < -0.39 is 11.7 Å². The van der Waals surface area contributed by atoms with Crippen LogP contribution < -0.4 is 0 Å². The molecule has 2 rings (SSSR count). The predicted octanol–water partition coefficient (Wildman–Crippen LogP) is 5.75. The van der Waals surface area contributed by atoms with E-state index in [2.05, 4.69) is 5.16 Å². The molecule has 7 heteroatoms. The summed E-state index contributed by atoms with van der Waals surface area (Å²) in [5, 5.41) is 5.98. The van der Waals surface area contributed by atoms with Crippen LogP contribution in [0, 0.1) is 0 Å². The van der Waals surface area contributed by atoms with Crippen molar-refractivity contribution in [1.82, 2.24) is 0 Å². The molecule has 118 valence electrons. The van der Waals surface area contributed by atoms with E-state index in [4.69, 9.17) is 16.4 Å². The van der Waals surface area contributed by atoms with Gasteiger partial charge in [-0.15, -0.1) is 11.3 Å². The van der Waals surface area contributed by atoms with Gasteiger partial charge in [-0.3, -0.25) is 0 Å². The molecule has 0 aliphatic carbocycles. The largest absolute Gasteiger partial charge is 0.417 e. The Bertz CT molecular complexity index is 653. The topological polar surface area (TPSA) is 21.6 Å². The summed E-state index contributed by atoms with van der Waals surface area (Å²) in [6.45, 7) is 1.94. The zero-order valence-corrected chi connectivity index (χ0v) is 13.2. The average Bonchev–Trinajstić information content (AvgIpc) is 2.95. The Balaban J connectivity index is 2.28. The van der Waals surface area contributed by atoms with Crippen LogP contribution in [0.4, 0.5) is 13.2 Å². The Morgan fingerprint density at radius 2 is 2.09 bits per heavy atom. The minimum Gasteiger partial charge on any atom is -0.390 e. The molecule has 0 aliphatic heterocycles. The van der Waals surface area contributed by atoms with Crippen LogP contribution >= 0.6 is 22.9 Å². The average molecular weight is 348 g/mol. The lowest BCUT2D eigenvalue weighted by Gasteiger charge is -2.14. The maximum absolute atomic E-state index is 13.1. The van der Waals surface area contributed by atoms with Gasteiger partial charge in [0.25, 0.3) is 0 Å². The van der Waals surface area contributed by atoms with E-state index in [0.29, 0.717) is 6.42 Å². The molecule has 0 spiro atoms. The summed E-state index contributed by atoms with van der Waals surface area (Å²) in [7, 11) is 0. The summed E-state index contributed by atoms with van der Waals surface area (Å²) < 4.78 is 39.3. The number of hydrogen-bond acceptors (Lipinski definition) is 3. The van der Waals surface area contributed by atoms with Crippen LogP contribution in [-0.2, 0) is 17.6 Å². The van der Waals surface area contributed by atoms with Gasteiger partial charge in [0.2, 0.25) is 0 Å². The van der Waals surface area contributed by atoms with Crippen LogP contribution in [-0.4, -0.2) is 5.71 Å². The first-order valence-corrected chi connectivity index (χ1v) is 7.76. The first-order chi connectivity index (χ1) is 10.4. The number of nitrogens with zero attached hydrogens (tertiary/aromatic N) is 1. The van der Waals surface area contributed by atoms with Gasteiger partial charge in [0.15, 0.2) is 6.61 Å². The number of oxime groups is 1. The molecule has 0 unspecified atom stereocenters. The van der Waals surface area contributed by atoms with E-state index in [1.165, 1.54) is 23.5 Å². The second-order valence-corrected chi connectivity index (χ2v) is 5.90. The summed E-state index contributed by atoms with van der Waals surface area (Å²) in [5.41, 5.74) is -0.600. The third kappa shape index (κ3) is 4.24. The number of benzene rings is 1. The fourth-order valence-electron chi connectivity index (χ4n) is 1.88. The number of halogens is 4. The van der Waals surface area contributed by atoms with E-state index in [-0.39, 0.29) is 22.9 Å². The normalized spacial score (nSPS) is 12.5. The van der Waals surface area contributed by atoms with Gasteiger partial charge in [-0.1, -0.05) is 29.7 Å². The molecular weight excluding hydrogens is 335 g/mol. The Kier molecular flexibility index (Phi) is 5.47. The summed E-state index contributed by atoms with van der Waals surface area (Å²) >= 11 is 7.31. The zero-order valence-electron chi connectivity index (χ0n) is 11.7. The van der Waals surface area contributed by atoms with Crippen molar-refractivity contribution in [3.8, 4) is 0 Å². The molecule has 0 saturated heterocycles. The van der Waals surface area contributed by atoms with Crippen LogP contribution in [0.25, 0.3) is 0 Å². The first-order valence-electron chi connectivity index (χ1n) is 6.50. The van der Waals surface area contributed by atoms with Gasteiger partial charge >= 0.3 is 6.18 Å². The smallest absolute Gasteiger partial charge is 0.390 e. The Hall–Kier alpha value is -1.53. The van der Waals surface area contributed by atoms with E-state index in [9.17, 15) is 13.2 Å². The highest BCUT2D eigenvalue weighted by Crippen LogP contribution is 2.34. The lowest BCUT2D eigenvalue weighted by molar-refractivity contribution is -0.137. The Labute approximate surface area is 135 Å². The fraction of sp³-hybridized carbons (Fsp3) is 0.267. The summed E-state index contributed by atoms with van der Waals surface area (Å²) in [4.78, 5) is 6.13. The molecule has 2 aromatic rings. The molecule has 1 aromatic heterocycles. The molecule has 0 radical (unpaired) electrons. The van der Waals surface area contributed by atoms with Crippen LogP contribution in [0.15, 0.2) is 40.9 Å². The van der Waals surface area contributed by atoms with Gasteiger partial charge in [0.1, 0.15) is 0 Å². The SMILES string of the molecule is CC/C(=N\OCc1cccs1)c1cc(Cl)ccc1C(F)(F)F. The lowest BCUT2D eigenvalue weighted by Crippen LogP contribution is -2.13. The highest BCUT2D eigenvalue weighted by molar-refractivity contribution is 7.09. The molecule has 1 aromatic carbocycles. The van der Waals surface area contributed by atoms with Gasteiger partial charge in [0.05, 0.1) is 11.3 Å². The van der Waals surface area contributed by atoms with Gasteiger partial charge < -0.3 is 4.84 Å². The Morgan fingerprint density at radius 1 is 1.32 bits per heavy atom. The predicted molar refractivity (Wildman–Crippen MR) is 82.4 cm³/mol.